The van der Waals surface area contributed by atoms with Crippen LogP contribution in [0.2, 0.25) is 0 Å². The van der Waals surface area contributed by atoms with Crippen molar-refractivity contribution in [3.8, 4) is 5.75 Å². The molecule has 8 heteroatoms. The quantitative estimate of drug-likeness (QED) is 0.752. The summed E-state index contributed by atoms with van der Waals surface area (Å²) in [6.07, 6.45) is -2.45. The van der Waals surface area contributed by atoms with E-state index in [2.05, 4.69) is 0 Å². The van der Waals surface area contributed by atoms with Gasteiger partial charge in [0.2, 0.25) is 17.4 Å². The molecule has 3 rings (SSSR count). The number of carbonyl (C=O) groups is 1. The lowest BCUT2D eigenvalue weighted by molar-refractivity contribution is -0.123. The molecule has 0 aliphatic carbocycles. The predicted molar refractivity (Wildman–Crippen MR) is 97.9 cm³/mol. The third kappa shape index (κ3) is 4.06. The fourth-order valence-corrected chi connectivity index (χ4v) is 3.30. The van der Waals surface area contributed by atoms with Crippen molar-refractivity contribution in [1.82, 2.24) is 0 Å². The van der Waals surface area contributed by atoms with Gasteiger partial charge in [-0.1, -0.05) is 42.0 Å². The first-order chi connectivity index (χ1) is 13.9. The van der Waals surface area contributed by atoms with Crippen molar-refractivity contribution in [1.29, 1.82) is 0 Å². The molecule has 142 valence electrons. The van der Waals surface area contributed by atoms with Gasteiger partial charge in [0.25, 0.3) is 0 Å². The predicted octanol–water partition coefficient (Wildman–Crippen LogP) is 2.32. The van der Waals surface area contributed by atoms with Crippen molar-refractivity contribution in [2.75, 3.05) is 7.11 Å². The lowest BCUT2D eigenvalue weighted by Gasteiger charge is -2.14. The van der Waals surface area contributed by atoms with Crippen LogP contribution in [-0.2, 0) is 29.5 Å². The SMILES string of the molecule is [2H]C([2H])(c1ccccc1)S(=O)(=O)OC1=C(N)O[C@@]([2H])(c2cc(C)ccc2OC)C1=O. The molecule has 27 heavy (non-hydrogen) atoms. The molecule has 0 aromatic heterocycles. The number of ether oxygens (including phenoxy) is 2. The number of ketones is 1. The largest absolute Gasteiger partial charge is 0.496 e. The highest BCUT2D eigenvalue weighted by Gasteiger charge is 2.40. The molecule has 0 spiro atoms. The van der Waals surface area contributed by atoms with Gasteiger partial charge in [-0.05, 0) is 24.6 Å². The molecule has 7 nitrogen and oxygen atoms in total. The Labute approximate surface area is 161 Å². The normalized spacial score (nSPS) is 21.9. The van der Waals surface area contributed by atoms with Crippen LogP contribution in [0, 0.1) is 6.92 Å². The fourth-order valence-electron chi connectivity index (χ4n) is 2.45. The number of aryl methyl sites for hydroxylation is 1. The maximum Gasteiger partial charge on any atom is 0.313 e. The zero-order valence-electron chi connectivity index (χ0n) is 17.6. The molecular weight excluding hydrogens is 370 g/mol. The van der Waals surface area contributed by atoms with Gasteiger partial charge in [-0.3, -0.25) is 4.79 Å². The van der Waals surface area contributed by atoms with Crippen LogP contribution in [0.25, 0.3) is 0 Å². The molecule has 0 bridgehead atoms. The van der Waals surface area contributed by atoms with Crippen LogP contribution in [-0.4, -0.2) is 21.3 Å². The van der Waals surface area contributed by atoms with Crippen molar-refractivity contribution in [2.45, 2.75) is 18.7 Å². The Kier molecular flexibility index (Phi) is 4.09. The Morgan fingerprint density at radius 3 is 2.63 bits per heavy atom. The van der Waals surface area contributed by atoms with Crippen LogP contribution in [0.5, 0.6) is 5.75 Å². The number of hydrogen-bond acceptors (Lipinski definition) is 7. The van der Waals surface area contributed by atoms with Gasteiger partial charge in [0.15, 0.2) is 6.08 Å². The first-order valence-electron chi connectivity index (χ1n) is 9.32. The Balaban J connectivity index is 1.98. The van der Waals surface area contributed by atoms with E-state index >= 15 is 0 Å². The first kappa shape index (κ1) is 15.1. The Morgan fingerprint density at radius 2 is 1.96 bits per heavy atom. The fraction of sp³-hybridized carbons (Fsp3) is 0.211. The van der Waals surface area contributed by atoms with E-state index in [4.69, 9.17) is 23.5 Å². The second-order valence-electron chi connectivity index (χ2n) is 5.66. The molecule has 0 radical (unpaired) electrons. The third-order valence-electron chi connectivity index (χ3n) is 3.66. The summed E-state index contributed by atoms with van der Waals surface area (Å²) in [6, 6.07) is 11.7. The zero-order chi connectivity index (χ0) is 22.3. The van der Waals surface area contributed by atoms with Crippen LogP contribution in [0.4, 0.5) is 0 Å². The maximum absolute atomic E-state index is 12.9. The molecule has 1 atom stereocenters. The molecule has 0 fully saturated rings. The summed E-state index contributed by atoms with van der Waals surface area (Å²) in [5, 5.41) is 0. The van der Waals surface area contributed by atoms with E-state index in [0.29, 0.717) is 5.56 Å². The lowest BCUT2D eigenvalue weighted by atomic mass is 10.0. The van der Waals surface area contributed by atoms with Crippen molar-refractivity contribution in [3.63, 3.8) is 0 Å². The second kappa shape index (κ2) is 7.32. The zero-order valence-corrected chi connectivity index (χ0v) is 15.4. The number of carbonyl (C=O) groups excluding carboxylic acids is 1. The summed E-state index contributed by atoms with van der Waals surface area (Å²) >= 11 is 0. The summed E-state index contributed by atoms with van der Waals surface area (Å²) in [6.45, 7) is 1.72. The van der Waals surface area contributed by atoms with E-state index in [1.54, 1.807) is 19.1 Å². The van der Waals surface area contributed by atoms with Gasteiger partial charge in [0, 0.05) is 5.56 Å². The van der Waals surface area contributed by atoms with Gasteiger partial charge >= 0.3 is 10.1 Å². The van der Waals surface area contributed by atoms with E-state index < -0.39 is 39.3 Å². The minimum absolute atomic E-state index is 0.0000162. The average Bonchev–Trinajstić information content (AvgIpc) is 2.92. The highest BCUT2D eigenvalue weighted by atomic mass is 32.2. The van der Waals surface area contributed by atoms with Crippen LogP contribution >= 0.6 is 0 Å². The van der Waals surface area contributed by atoms with Gasteiger partial charge in [-0.2, -0.15) is 8.42 Å². The first-order valence-corrected chi connectivity index (χ1v) is 9.23. The van der Waals surface area contributed by atoms with Gasteiger partial charge in [0.05, 0.1) is 11.2 Å². The number of hydrogen-bond donors (Lipinski definition) is 1. The van der Waals surface area contributed by atoms with Crippen molar-refractivity contribution < 1.29 is 31.0 Å². The number of methoxy groups -OCH3 is 1. The van der Waals surface area contributed by atoms with E-state index in [1.807, 2.05) is 0 Å². The van der Waals surface area contributed by atoms with E-state index in [9.17, 15) is 13.2 Å². The van der Waals surface area contributed by atoms with Gasteiger partial charge in [-0.25, -0.2) is 0 Å². The Bertz CT molecular complexity index is 1130. The van der Waals surface area contributed by atoms with Crippen LogP contribution < -0.4 is 10.5 Å². The third-order valence-corrected chi connectivity index (χ3v) is 4.53. The molecule has 1 aliphatic rings. The molecule has 2 aromatic rings. The minimum atomic E-state index is -5.04. The average molecular weight is 392 g/mol. The standard InChI is InChI=1S/C19H19NO6S/c1-12-8-9-15(24-2)14(10-12)17-16(21)18(19(20)25-17)26-27(22,23)11-13-6-4-3-5-7-13/h3-10,17H,11,20H2,1-2H3/t17-/m0/s1/i11D2,17D. The van der Waals surface area contributed by atoms with Gasteiger partial charge in [0.1, 0.15) is 11.5 Å². The minimum Gasteiger partial charge on any atom is -0.496 e. The Hall–Kier alpha value is -3.00. The van der Waals surface area contributed by atoms with E-state index in [1.165, 1.54) is 43.5 Å². The number of nitrogens with two attached hydrogens (primary N) is 1. The molecule has 1 heterocycles. The molecular formula is C19H19NO6S. The Morgan fingerprint density at radius 1 is 1.26 bits per heavy atom. The highest BCUT2D eigenvalue weighted by molar-refractivity contribution is 7.86. The summed E-state index contributed by atoms with van der Waals surface area (Å²) in [5.41, 5.74) is 3.16. The number of benzene rings is 2. The van der Waals surface area contributed by atoms with Crippen LogP contribution in [0.1, 0.15) is 26.9 Å². The number of rotatable bonds is 6. The molecule has 0 unspecified atom stereocenters. The molecule has 0 saturated carbocycles. The summed E-state index contributed by atoms with van der Waals surface area (Å²) in [4.78, 5) is 12.9. The second-order valence-corrected chi connectivity index (χ2v) is 6.94. The van der Waals surface area contributed by atoms with Crippen molar-refractivity contribution in [3.05, 3.63) is 76.9 Å². The summed E-state index contributed by atoms with van der Waals surface area (Å²) in [5.74, 6) is -2.75. The molecule has 0 amide bonds. The lowest BCUT2D eigenvalue weighted by Crippen LogP contribution is -2.16. The molecule has 2 N–H and O–H groups in total. The monoisotopic (exact) mass is 392 g/mol. The molecule has 0 saturated heterocycles. The molecule has 1 aliphatic heterocycles. The van der Waals surface area contributed by atoms with E-state index in [0.717, 1.165) is 0 Å². The van der Waals surface area contributed by atoms with E-state index in [-0.39, 0.29) is 16.9 Å². The smallest absolute Gasteiger partial charge is 0.313 e. The number of Topliss-reactive ketones (excluding diaryl/α,β-unsaturated/α-hetero) is 1. The van der Waals surface area contributed by atoms with Crippen molar-refractivity contribution in [2.24, 2.45) is 5.73 Å². The molecule has 2 aromatic carbocycles. The maximum atomic E-state index is 12.9. The van der Waals surface area contributed by atoms with Crippen molar-refractivity contribution >= 4 is 15.9 Å². The van der Waals surface area contributed by atoms with Crippen LogP contribution in [0.3, 0.4) is 0 Å². The summed E-state index contributed by atoms with van der Waals surface area (Å²) < 4.78 is 64.9. The highest BCUT2D eigenvalue weighted by Crippen LogP contribution is 2.37. The van der Waals surface area contributed by atoms with Gasteiger partial charge < -0.3 is 19.4 Å². The van der Waals surface area contributed by atoms with Gasteiger partial charge in [-0.15, -0.1) is 0 Å². The summed E-state index contributed by atoms with van der Waals surface area (Å²) in [7, 11) is -3.70. The van der Waals surface area contributed by atoms with Crippen LogP contribution in [0.15, 0.2) is 60.2 Å². The topological polar surface area (TPSA) is 105 Å².